The predicted molar refractivity (Wildman–Crippen MR) is 43.1 cm³/mol. The lowest BCUT2D eigenvalue weighted by Crippen LogP contribution is -2.02. The Hall–Kier alpha value is -1.03. The highest BCUT2D eigenvalue weighted by Gasteiger charge is 1.98. The second-order valence-electron chi connectivity index (χ2n) is 2.00. The maximum absolute atomic E-state index is 10.8. The first-order chi connectivity index (χ1) is 5.70. The van der Waals surface area contributed by atoms with E-state index in [0.717, 1.165) is 0 Å². The minimum absolute atomic E-state index is 0.358. The van der Waals surface area contributed by atoms with Gasteiger partial charge in [0.1, 0.15) is 5.76 Å². The van der Waals surface area contributed by atoms with Gasteiger partial charge < -0.3 is 9.62 Å². The molecule has 0 radical (unpaired) electrons. The zero-order valence-electron chi connectivity index (χ0n) is 7.62. The summed E-state index contributed by atoms with van der Waals surface area (Å²) in [5.74, 6) is -0.0370. The van der Waals surface area contributed by atoms with Crippen molar-refractivity contribution in [3.05, 3.63) is 11.8 Å². The molecule has 0 amide bonds. The second-order valence-corrected chi connectivity index (χ2v) is 2.00. The van der Waals surface area contributed by atoms with Crippen LogP contribution in [0.3, 0.4) is 0 Å². The summed E-state index contributed by atoms with van der Waals surface area (Å²) in [5, 5.41) is 0. The first kappa shape index (κ1) is 11.0. The number of allylic oxidation sites excluding steroid dienone is 1. The summed E-state index contributed by atoms with van der Waals surface area (Å²) in [4.78, 5) is 20.0. The summed E-state index contributed by atoms with van der Waals surface area (Å²) in [5.41, 5.74) is 0. The van der Waals surface area contributed by atoms with Gasteiger partial charge in [-0.2, -0.15) is 4.89 Å². The molecule has 0 aliphatic heterocycles. The van der Waals surface area contributed by atoms with Gasteiger partial charge in [0.2, 0.25) is 0 Å². The molecule has 12 heavy (non-hydrogen) atoms. The second kappa shape index (κ2) is 6.67. The van der Waals surface area contributed by atoms with Gasteiger partial charge in [-0.05, 0) is 20.8 Å². The Morgan fingerprint density at radius 3 is 2.50 bits per heavy atom. The van der Waals surface area contributed by atoms with Gasteiger partial charge in [-0.1, -0.05) is 0 Å². The minimum Gasteiger partial charge on any atom is -0.463 e. The van der Waals surface area contributed by atoms with Crippen molar-refractivity contribution >= 4 is 5.97 Å². The first-order valence-electron chi connectivity index (χ1n) is 3.85. The molecular formula is C8H14O4. The molecular weight excluding hydrogens is 160 g/mol. The third-order valence-corrected chi connectivity index (χ3v) is 0.916. The summed E-state index contributed by atoms with van der Waals surface area (Å²) in [7, 11) is 0. The number of ether oxygens (including phenoxy) is 1. The minimum atomic E-state index is -0.422. The van der Waals surface area contributed by atoms with Crippen molar-refractivity contribution in [3.8, 4) is 0 Å². The zero-order valence-corrected chi connectivity index (χ0v) is 7.62. The van der Waals surface area contributed by atoms with Crippen molar-refractivity contribution in [2.24, 2.45) is 0 Å². The van der Waals surface area contributed by atoms with E-state index in [4.69, 9.17) is 0 Å². The summed E-state index contributed by atoms with van der Waals surface area (Å²) < 4.78 is 4.64. The van der Waals surface area contributed by atoms with Crippen LogP contribution in [0, 0.1) is 0 Å². The Bertz CT molecular complexity index is 162. The maximum atomic E-state index is 10.8. The average molecular weight is 174 g/mol. The normalized spacial score (nSPS) is 11.1. The molecule has 0 spiro atoms. The summed E-state index contributed by atoms with van der Waals surface area (Å²) in [6, 6.07) is 0. The molecule has 0 aromatic rings. The topological polar surface area (TPSA) is 44.8 Å². The molecule has 0 unspecified atom stereocenters. The fraction of sp³-hybridized carbons (Fsp3) is 0.625. The highest BCUT2D eigenvalue weighted by atomic mass is 17.2. The molecule has 0 aromatic heterocycles. The van der Waals surface area contributed by atoms with Crippen LogP contribution < -0.4 is 0 Å². The van der Waals surface area contributed by atoms with Crippen LogP contribution in [0.2, 0.25) is 0 Å². The van der Waals surface area contributed by atoms with E-state index in [1.165, 1.54) is 6.08 Å². The fourth-order valence-corrected chi connectivity index (χ4v) is 0.526. The molecule has 0 atom stereocenters. The molecule has 0 saturated heterocycles. The summed E-state index contributed by atoms with van der Waals surface area (Å²) in [6.45, 7) is 5.94. The van der Waals surface area contributed by atoms with Crippen LogP contribution >= 0.6 is 0 Å². The number of hydrogen-bond donors (Lipinski definition) is 0. The predicted octanol–water partition coefficient (Wildman–Crippen LogP) is 1.42. The summed E-state index contributed by atoms with van der Waals surface area (Å²) >= 11 is 0. The lowest BCUT2D eigenvalue weighted by Gasteiger charge is -2.01. The van der Waals surface area contributed by atoms with Gasteiger partial charge in [0.25, 0.3) is 0 Å². The van der Waals surface area contributed by atoms with Gasteiger partial charge >= 0.3 is 5.97 Å². The maximum Gasteiger partial charge on any atom is 0.334 e. The van der Waals surface area contributed by atoms with E-state index in [-0.39, 0.29) is 0 Å². The van der Waals surface area contributed by atoms with Crippen LogP contribution in [-0.4, -0.2) is 19.2 Å². The SMILES string of the molecule is CCOO/C(C)=C/C(=O)OCC. The zero-order chi connectivity index (χ0) is 9.40. The molecule has 0 bridgehead atoms. The Balaban J connectivity index is 3.72. The Labute approximate surface area is 72.0 Å². The Morgan fingerprint density at radius 1 is 1.33 bits per heavy atom. The van der Waals surface area contributed by atoms with E-state index in [2.05, 4.69) is 14.5 Å². The molecule has 4 heteroatoms. The van der Waals surface area contributed by atoms with E-state index in [0.29, 0.717) is 19.0 Å². The van der Waals surface area contributed by atoms with Crippen molar-refractivity contribution in [2.75, 3.05) is 13.2 Å². The third kappa shape index (κ3) is 5.73. The molecule has 4 nitrogen and oxygen atoms in total. The van der Waals surface area contributed by atoms with Crippen LogP contribution in [-0.2, 0) is 19.3 Å². The van der Waals surface area contributed by atoms with Crippen molar-refractivity contribution in [1.82, 2.24) is 0 Å². The van der Waals surface area contributed by atoms with Gasteiger partial charge in [0.05, 0.1) is 19.3 Å². The van der Waals surface area contributed by atoms with E-state index in [1.807, 2.05) is 0 Å². The van der Waals surface area contributed by atoms with Crippen LogP contribution in [0.5, 0.6) is 0 Å². The van der Waals surface area contributed by atoms with Gasteiger partial charge in [-0.15, -0.1) is 0 Å². The van der Waals surface area contributed by atoms with E-state index >= 15 is 0 Å². The van der Waals surface area contributed by atoms with Crippen LogP contribution in [0.4, 0.5) is 0 Å². The van der Waals surface area contributed by atoms with Gasteiger partial charge in [0.15, 0.2) is 0 Å². The van der Waals surface area contributed by atoms with E-state index in [9.17, 15) is 4.79 Å². The molecule has 0 aliphatic carbocycles. The Morgan fingerprint density at radius 2 is 2.00 bits per heavy atom. The monoisotopic (exact) mass is 174 g/mol. The number of hydrogen-bond acceptors (Lipinski definition) is 4. The number of esters is 1. The fourth-order valence-electron chi connectivity index (χ4n) is 0.526. The molecule has 0 heterocycles. The lowest BCUT2D eigenvalue weighted by molar-refractivity contribution is -0.257. The quantitative estimate of drug-likeness (QED) is 0.208. The molecule has 70 valence electrons. The van der Waals surface area contributed by atoms with Crippen LogP contribution in [0.15, 0.2) is 11.8 Å². The molecule has 0 aromatic carbocycles. The lowest BCUT2D eigenvalue weighted by atomic mass is 10.5. The first-order valence-corrected chi connectivity index (χ1v) is 3.85. The highest BCUT2D eigenvalue weighted by Crippen LogP contribution is 1.96. The van der Waals surface area contributed by atoms with Crippen molar-refractivity contribution < 1.29 is 19.3 Å². The number of carbonyl (C=O) groups is 1. The molecule has 0 saturated carbocycles. The molecule has 0 aliphatic rings. The summed E-state index contributed by atoms with van der Waals surface area (Å²) in [6.07, 6.45) is 1.24. The average Bonchev–Trinajstić information content (AvgIpc) is 2.01. The molecule has 0 rings (SSSR count). The molecule has 0 fully saturated rings. The highest BCUT2D eigenvalue weighted by molar-refractivity contribution is 5.82. The van der Waals surface area contributed by atoms with Crippen molar-refractivity contribution in [3.63, 3.8) is 0 Å². The van der Waals surface area contributed by atoms with Gasteiger partial charge in [-0.3, -0.25) is 0 Å². The number of rotatable bonds is 5. The van der Waals surface area contributed by atoms with Crippen molar-refractivity contribution in [1.29, 1.82) is 0 Å². The third-order valence-electron chi connectivity index (χ3n) is 0.916. The number of carbonyl (C=O) groups excluding carboxylic acids is 1. The molecule has 0 N–H and O–H groups in total. The smallest absolute Gasteiger partial charge is 0.334 e. The van der Waals surface area contributed by atoms with Crippen LogP contribution in [0.25, 0.3) is 0 Å². The van der Waals surface area contributed by atoms with Gasteiger partial charge in [-0.25, -0.2) is 4.79 Å². The van der Waals surface area contributed by atoms with E-state index < -0.39 is 5.97 Å². The van der Waals surface area contributed by atoms with E-state index in [1.54, 1.807) is 20.8 Å². The van der Waals surface area contributed by atoms with Crippen LogP contribution in [0.1, 0.15) is 20.8 Å². The Kier molecular flexibility index (Phi) is 6.09. The van der Waals surface area contributed by atoms with Gasteiger partial charge in [0, 0.05) is 0 Å². The van der Waals surface area contributed by atoms with Crippen molar-refractivity contribution in [2.45, 2.75) is 20.8 Å². The largest absolute Gasteiger partial charge is 0.463 e. The standard InChI is InChI=1S/C8H14O4/c1-4-10-8(9)6-7(3)12-11-5-2/h6H,4-5H2,1-3H3/b7-6+.